The van der Waals surface area contributed by atoms with Gasteiger partial charge >= 0.3 is 0 Å². The van der Waals surface area contributed by atoms with Gasteiger partial charge in [0.2, 0.25) is 0 Å². The number of nitrogens with two attached hydrogens (primary N) is 1. The van der Waals surface area contributed by atoms with Crippen molar-refractivity contribution in [3.8, 4) is 0 Å². The summed E-state index contributed by atoms with van der Waals surface area (Å²) in [6.07, 6.45) is 0.00424. The van der Waals surface area contributed by atoms with Crippen LogP contribution in [0.1, 0.15) is 25.5 Å². The molecule has 1 heterocycles. The number of aliphatic hydroxyl groups excluding tert-OH is 1. The van der Waals surface area contributed by atoms with Crippen molar-refractivity contribution in [2.75, 3.05) is 19.7 Å². The van der Waals surface area contributed by atoms with E-state index in [9.17, 15) is 5.11 Å². The van der Waals surface area contributed by atoms with Crippen molar-refractivity contribution in [3.63, 3.8) is 0 Å². The lowest BCUT2D eigenvalue weighted by molar-refractivity contribution is -0.107. The molecule has 0 bridgehead atoms. The van der Waals surface area contributed by atoms with Crippen molar-refractivity contribution >= 4 is 0 Å². The van der Waals surface area contributed by atoms with Crippen LogP contribution in [0, 0.1) is 0 Å². The van der Waals surface area contributed by atoms with Gasteiger partial charge in [0.25, 0.3) is 0 Å². The Hall–Kier alpha value is -0.940. The number of morpholine rings is 1. The van der Waals surface area contributed by atoms with Crippen LogP contribution < -0.4 is 5.73 Å². The minimum atomic E-state index is -0.117. The van der Waals surface area contributed by atoms with E-state index in [4.69, 9.17) is 10.5 Å². The van der Waals surface area contributed by atoms with Gasteiger partial charge in [-0.15, -0.1) is 0 Å². The first-order valence-corrected chi connectivity index (χ1v) is 6.92. The number of hydrogen-bond acceptors (Lipinski definition) is 4. The first-order valence-electron chi connectivity index (χ1n) is 6.92. The van der Waals surface area contributed by atoms with Gasteiger partial charge in [0.05, 0.1) is 18.8 Å². The summed E-state index contributed by atoms with van der Waals surface area (Å²) in [6, 6.07) is 10.5. The zero-order chi connectivity index (χ0) is 13.8. The Labute approximate surface area is 115 Å². The number of benzene rings is 1. The second kappa shape index (κ2) is 6.48. The third kappa shape index (κ3) is 3.54. The third-order valence-corrected chi connectivity index (χ3v) is 3.59. The molecule has 1 aromatic rings. The van der Waals surface area contributed by atoms with Gasteiger partial charge in [-0.25, -0.2) is 0 Å². The molecular weight excluding hydrogens is 240 g/mol. The molecule has 3 N–H and O–H groups in total. The summed E-state index contributed by atoms with van der Waals surface area (Å²) < 4.78 is 5.70. The Morgan fingerprint density at radius 3 is 2.63 bits per heavy atom. The number of rotatable bonds is 4. The van der Waals surface area contributed by atoms with Crippen molar-refractivity contribution in [3.05, 3.63) is 35.9 Å². The standard InChI is InChI=1S/C15H24N2O2/c1-11-8-17(9-14(10-18)19-11)15(12(2)16)13-6-4-3-5-7-13/h3-7,11-12,14-15,18H,8-10,16H2,1-2H3. The summed E-state index contributed by atoms with van der Waals surface area (Å²) in [7, 11) is 0. The van der Waals surface area contributed by atoms with E-state index in [1.165, 1.54) is 5.56 Å². The maximum absolute atomic E-state index is 9.33. The van der Waals surface area contributed by atoms with Crippen molar-refractivity contribution in [2.24, 2.45) is 5.73 Å². The summed E-state index contributed by atoms with van der Waals surface area (Å²) in [5, 5.41) is 9.33. The van der Waals surface area contributed by atoms with Crippen LogP contribution in [0.3, 0.4) is 0 Å². The maximum atomic E-state index is 9.33. The molecule has 1 aliphatic rings. The Balaban J connectivity index is 2.19. The Morgan fingerprint density at radius 2 is 2.05 bits per heavy atom. The Kier molecular flexibility index (Phi) is 4.93. The zero-order valence-corrected chi connectivity index (χ0v) is 11.7. The van der Waals surface area contributed by atoms with E-state index in [0.29, 0.717) is 0 Å². The molecule has 2 rings (SSSR count). The van der Waals surface area contributed by atoms with Gasteiger partial charge in [-0.3, -0.25) is 4.90 Å². The van der Waals surface area contributed by atoms with E-state index in [1.807, 2.05) is 32.0 Å². The fraction of sp³-hybridized carbons (Fsp3) is 0.600. The molecule has 4 atom stereocenters. The molecule has 4 nitrogen and oxygen atoms in total. The van der Waals surface area contributed by atoms with E-state index in [2.05, 4.69) is 17.0 Å². The van der Waals surface area contributed by atoms with E-state index in [-0.39, 0.29) is 30.9 Å². The predicted molar refractivity (Wildman–Crippen MR) is 75.8 cm³/mol. The van der Waals surface area contributed by atoms with Gasteiger partial charge in [-0.1, -0.05) is 30.3 Å². The molecule has 0 radical (unpaired) electrons. The molecular formula is C15H24N2O2. The van der Waals surface area contributed by atoms with Gasteiger partial charge in [0, 0.05) is 25.2 Å². The van der Waals surface area contributed by atoms with Crippen LogP contribution in [-0.4, -0.2) is 48.0 Å². The lowest BCUT2D eigenvalue weighted by Gasteiger charge is -2.42. The van der Waals surface area contributed by atoms with Crippen molar-refractivity contribution in [1.29, 1.82) is 0 Å². The molecule has 0 saturated carbocycles. The molecule has 1 aromatic carbocycles. The lowest BCUT2D eigenvalue weighted by Crippen LogP contribution is -2.52. The number of ether oxygens (including phenoxy) is 1. The van der Waals surface area contributed by atoms with Gasteiger partial charge in [0.1, 0.15) is 0 Å². The third-order valence-electron chi connectivity index (χ3n) is 3.59. The number of nitrogens with zero attached hydrogens (tertiary/aromatic N) is 1. The molecule has 0 amide bonds. The predicted octanol–water partition coefficient (Wildman–Crippen LogP) is 1.16. The molecule has 1 aliphatic heterocycles. The zero-order valence-electron chi connectivity index (χ0n) is 11.7. The Bertz CT molecular complexity index is 383. The van der Waals surface area contributed by atoms with Crippen LogP contribution in [0.4, 0.5) is 0 Å². The first-order chi connectivity index (χ1) is 9.11. The van der Waals surface area contributed by atoms with E-state index >= 15 is 0 Å². The summed E-state index contributed by atoms with van der Waals surface area (Å²) in [5.41, 5.74) is 7.41. The summed E-state index contributed by atoms with van der Waals surface area (Å²) in [5.74, 6) is 0. The van der Waals surface area contributed by atoms with Crippen LogP contribution in [-0.2, 0) is 4.74 Å². The number of aliphatic hydroxyl groups is 1. The summed E-state index contributed by atoms with van der Waals surface area (Å²) >= 11 is 0. The molecule has 4 heteroatoms. The highest BCUT2D eigenvalue weighted by atomic mass is 16.5. The van der Waals surface area contributed by atoms with Crippen LogP contribution in [0.2, 0.25) is 0 Å². The van der Waals surface area contributed by atoms with Crippen LogP contribution in [0.25, 0.3) is 0 Å². The van der Waals surface area contributed by atoms with E-state index in [1.54, 1.807) is 0 Å². The largest absolute Gasteiger partial charge is 0.394 e. The van der Waals surface area contributed by atoms with Crippen LogP contribution in [0.15, 0.2) is 30.3 Å². The summed E-state index contributed by atoms with van der Waals surface area (Å²) in [6.45, 7) is 5.70. The fourth-order valence-electron chi connectivity index (χ4n) is 2.91. The summed E-state index contributed by atoms with van der Waals surface area (Å²) in [4.78, 5) is 2.33. The highest BCUT2D eigenvalue weighted by Gasteiger charge is 2.32. The molecule has 0 aromatic heterocycles. The minimum Gasteiger partial charge on any atom is -0.394 e. The SMILES string of the molecule is CC1CN(C(c2ccccc2)C(C)N)CC(CO)O1. The smallest absolute Gasteiger partial charge is 0.0936 e. The second-order valence-electron chi connectivity index (χ2n) is 5.42. The van der Waals surface area contributed by atoms with E-state index in [0.717, 1.165) is 13.1 Å². The maximum Gasteiger partial charge on any atom is 0.0936 e. The molecule has 1 fully saturated rings. The quantitative estimate of drug-likeness (QED) is 0.856. The molecule has 106 valence electrons. The van der Waals surface area contributed by atoms with E-state index < -0.39 is 0 Å². The van der Waals surface area contributed by atoms with Gasteiger partial charge in [-0.2, -0.15) is 0 Å². The highest BCUT2D eigenvalue weighted by Crippen LogP contribution is 2.26. The first kappa shape index (κ1) is 14.5. The van der Waals surface area contributed by atoms with Gasteiger partial charge < -0.3 is 15.6 Å². The highest BCUT2D eigenvalue weighted by molar-refractivity contribution is 5.20. The minimum absolute atomic E-state index is 0.0343. The van der Waals surface area contributed by atoms with Crippen LogP contribution >= 0.6 is 0 Å². The number of hydrogen-bond donors (Lipinski definition) is 2. The lowest BCUT2D eigenvalue weighted by atomic mass is 9.97. The molecule has 19 heavy (non-hydrogen) atoms. The fourth-order valence-corrected chi connectivity index (χ4v) is 2.91. The van der Waals surface area contributed by atoms with Crippen LogP contribution in [0.5, 0.6) is 0 Å². The van der Waals surface area contributed by atoms with Gasteiger partial charge in [-0.05, 0) is 19.4 Å². The van der Waals surface area contributed by atoms with Crippen molar-refractivity contribution < 1.29 is 9.84 Å². The molecule has 0 aliphatic carbocycles. The topological polar surface area (TPSA) is 58.7 Å². The molecule has 0 spiro atoms. The second-order valence-corrected chi connectivity index (χ2v) is 5.42. The molecule has 1 saturated heterocycles. The Morgan fingerprint density at radius 1 is 1.37 bits per heavy atom. The molecule has 4 unspecified atom stereocenters. The monoisotopic (exact) mass is 264 g/mol. The average Bonchev–Trinajstić information content (AvgIpc) is 2.39. The van der Waals surface area contributed by atoms with Crippen molar-refractivity contribution in [1.82, 2.24) is 4.90 Å². The van der Waals surface area contributed by atoms with Crippen molar-refractivity contribution in [2.45, 2.75) is 38.1 Å². The average molecular weight is 264 g/mol. The van der Waals surface area contributed by atoms with Gasteiger partial charge in [0.15, 0.2) is 0 Å². The normalized spacial score (nSPS) is 28.0.